The van der Waals surface area contributed by atoms with Crippen LogP contribution in [-0.2, 0) is 4.79 Å². The molecule has 0 aromatic heterocycles. The Kier molecular flexibility index (Phi) is 5.74. The summed E-state index contributed by atoms with van der Waals surface area (Å²) < 4.78 is 0. The van der Waals surface area contributed by atoms with Crippen molar-refractivity contribution in [3.8, 4) is 0 Å². The maximum absolute atomic E-state index is 11.7. The third kappa shape index (κ3) is 4.67. The van der Waals surface area contributed by atoms with Gasteiger partial charge in [0.25, 0.3) is 0 Å². The van der Waals surface area contributed by atoms with Crippen LogP contribution in [0.4, 0.5) is 0 Å². The molecule has 1 aliphatic rings. The fraction of sp³-hybridized carbons (Fsp3) is 0.923. The molecule has 0 bridgehead atoms. The molecular weight excluding hydrogens is 186 g/mol. The first kappa shape index (κ1) is 12.5. The quantitative estimate of drug-likeness (QED) is 0.683. The van der Waals surface area contributed by atoms with Crippen molar-refractivity contribution in [3.63, 3.8) is 0 Å². The van der Waals surface area contributed by atoms with Crippen LogP contribution in [0.15, 0.2) is 0 Å². The molecule has 0 N–H and O–H groups in total. The van der Waals surface area contributed by atoms with E-state index in [0.717, 1.165) is 31.7 Å². The molecule has 0 aromatic carbocycles. The van der Waals surface area contributed by atoms with E-state index >= 15 is 0 Å². The molecule has 2 nitrogen and oxygen atoms in total. The lowest BCUT2D eigenvalue weighted by Crippen LogP contribution is -2.32. The van der Waals surface area contributed by atoms with Gasteiger partial charge in [-0.15, -0.1) is 0 Å². The fourth-order valence-corrected chi connectivity index (χ4v) is 2.38. The van der Waals surface area contributed by atoms with Gasteiger partial charge in [0.05, 0.1) is 0 Å². The first-order valence-electron chi connectivity index (χ1n) is 6.48. The number of amides is 1. The maximum Gasteiger partial charge on any atom is 0.222 e. The SMILES string of the molecule is CCCCC(=O)N(C)CC1CCCCC1. The Morgan fingerprint density at radius 3 is 2.53 bits per heavy atom. The van der Waals surface area contributed by atoms with Crippen molar-refractivity contribution in [2.75, 3.05) is 13.6 Å². The molecule has 0 atom stereocenters. The summed E-state index contributed by atoms with van der Waals surface area (Å²) in [4.78, 5) is 13.7. The fourth-order valence-electron chi connectivity index (χ4n) is 2.38. The van der Waals surface area contributed by atoms with Gasteiger partial charge in [-0.05, 0) is 25.2 Å². The summed E-state index contributed by atoms with van der Waals surface area (Å²) in [5, 5.41) is 0. The van der Waals surface area contributed by atoms with Crippen LogP contribution in [0.3, 0.4) is 0 Å². The average molecular weight is 211 g/mol. The number of hydrogen-bond donors (Lipinski definition) is 0. The molecule has 0 unspecified atom stereocenters. The van der Waals surface area contributed by atoms with Crippen LogP contribution in [0.2, 0.25) is 0 Å². The van der Waals surface area contributed by atoms with Gasteiger partial charge in [-0.3, -0.25) is 4.79 Å². The number of rotatable bonds is 5. The third-order valence-corrected chi connectivity index (χ3v) is 3.43. The summed E-state index contributed by atoms with van der Waals surface area (Å²) in [7, 11) is 1.96. The van der Waals surface area contributed by atoms with Gasteiger partial charge >= 0.3 is 0 Å². The topological polar surface area (TPSA) is 20.3 Å². The van der Waals surface area contributed by atoms with Crippen LogP contribution in [0.25, 0.3) is 0 Å². The Morgan fingerprint density at radius 1 is 1.27 bits per heavy atom. The normalized spacial score (nSPS) is 17.7. The highest BCUT2D eigenvalue weighted by atomic mass is 16.2. The number of unbranched alkanes of at least 4 members (excludes halogenated alkanes) is 1. The van der Waals surface area contributed by atoms with Crippen LogP contribution in [0.5, 0.6) is 0 Å². The van der Waals surface area contributed by atoms with Gasteiger partial charge in [-0.2, -0.15) is 0 Å². The van der Waals surface area contributed by atoms with E-state index in [0.29, 0.717) is 5.91 Å². The van der Waals surface area contributed by atoms with Gasteiger partial charge < -0.3 is 4.90 Å². The maximum atomic E-state index is 11.7. The van der Waals surface area contributed by atoms with E-state index in [4.69, 9.17) is 0 Å². The van der Waals surface area contributed by atoms with Crippen molar-refractivity contribution in [2.24, 2.45) is 5.92 Å². The highest BCUT2D eigenvalue weighted by molar-refractivity contribution is 5.75. The standard InChI is InChI=1S/C13H25NO/c1-3-4-10-13(15)14(2)11-12-8-6-5-7-9-12/h12H,3-11H2,1-2H3. The lowest BCUT2D eigenvalue weighted by Gasteiger charge is -2.27. The minimum atomic E-state index is 0.336. The zero-order valence-corrected chi connectivity index (χ0v) is 10.3. The van der Waals surface area contributed by atoms with E-state index < -0.39 is 0 Å². The summed E-state index contributed by atoms with van der Waals surface area (Å²) in [6.07, 6.45) is 9.65. The minimum absolute atomic E-state index is 0.336. The highest BCUT2D eigenvalue weighted by Gasteiger charge is 2.17. The molecule has 15 heavy (non-hydrogen) atoms. The van der Waals surface area contributed by atoms with E-state index in [1.165, 1.54) is 32.1 Å². The minimum Gasteiger partial charge on any atom is -0.345 e. The molecule has 88 valence electrons. The number of carbonyl (C=O) groups excluding carboxylic acids is 1. The molecule has 0 aliphatic heterocycles. The molecule has 0 spiro atoms. The average Bonchev–Trinajstić information content (AvgIpc) is 2.27. The van der Waals surface area contributed by atoms with Crippen LogP contribution >= 0.6 is 0 Å². The zero-order valence-electron chi connectivity index (χ0n) is 10.3. The van der Waals surface area contributed by atoms with Crippen LogP contribution in [0.1, 0.15) is 58.3 Å². The predicted octanol–water partition coefficient (Wildman–Crippen LogP) is 3.22. The van der Waals surface area contributed by atoms with Gasteiger partial charge in [0, 0.05) is 20.0 Å². The predicted molar refractivity (Wildman–Crippen MR) is 63.7 cm³/mol. The second-order valence-corrected chi connectivity index (χ2v) is 4.88. The lowest BCUT2D eigenvalue weighted by molar-refractivity contribution is -0.130. The summed E-state index contributed by atoms with van der Waals surface area (Å²) in [6, 6.07) is 0. The Balaban J connectivity index is 2.20. The van der Waals surface area contributed by atoms with Crippen LogP contribution in [-0.4, -0.2) is 24.4 Å². The van der Waals surface area contributed by atoms with E-state index in [1.54, 1.807) is 0 Å². The summed E-state index contributed by atoms with van der Waals surface area (Å²) in [5.74, 6) is 1.11. The van der Waals surface area contributed by atoms with E-state index in [2.05, 4.69) is 6.92 Å². The van der Waals surface area contributed by atoms with Crippen molar-refractivity contribution in [3.05, 3.63) is 0 Å². The molecule has 0 saturated heterocycles. The third-order valence-electron chi connectivity index (χ3n) is 3.43. The molecule has 2 heteroatoms. The van der Waals surface area contributed by atoms with E-state index in [1.807, 2.05) is 11.9 Å². The Hall–Kier alpha value is -0.530. The lowest BCUT2D eigenvalue weighted by atomic mass is 9.89. The van der Waals surface area contributed by atoms with Crippen molar-refractivity contribution in [1.82, 2.24) is 4.90 Å². The molecule has 0 aromatic rings. The van der Waals surface area contributed by atoms with Crippen LogP contribution < -0.4 is 0 Å². The van der Waals surface area contributed by atoms with Crippen LogP contribution in [0, 0.1) is 5.92 Å². The molecule has 1 fully saturated rings. The summed E-state index contributed by atoms with van der Waals surface area (Å²) >= 11 is 0. The number of hydrogen-bond acceptors (Lipinski definition) is 1. The van der Waals surface area contributed by atoms with Gasteiger partial charge in [0.2, 0.25) is 5.91 Å². The molecule has 0 heterocycles. The van der Waals surface area contributed by atoms with Gasteiger partial charge in [-0.1, -0.05) is 32.6 Å². The monoisotopic (exact) mass is 211 g/mol. The second-order valence-electron chi connectivity index (χ2n) is 4.88. The molecule has 0 radical (unpaired) electrons. The first-order valence-corrected chi connectivity index (χ1v) is 6.48. The van der Waals surface area contributed by atoms with Crippen molar-refractivity contribution < 1.29 is 4.79 Å². The Bertz CT molecular complexity index is 185. The van der Waals surface area contributed by atoms with Gasteiger partial charge in [0.15, 0.2) is 0 Å². The van der Waals surface area contributed by atoms with E-state index in [-0.39, 0.29) is 0 Å². The molecule has 1 aliphatic carbocycles. The van der Waals surface area contributed by atoms with Crippen molar-refractivity contribution in [1.29, 1.82) is 0 Å². The largest absolute Gasteiger partial charge is 0.345 e. The van der Waals surface area contributed by atoms with Gasteiger partial charge in [-0.25, -0.2) is 0 Å². The Morgan fingerprint density at radius 2 is 1.93 bits per heavy atom. The molecule has 1 saturated carbocycles. The highest BCUT2D eigenvalue weighted by Crippen LogP contribution is 2.24. The molecule has 1 rings (SSSR count). The number of nitrogens with zero attached hydrogens (tertiary/aromatic N) is 1. The summed E-state index contributed by atoms with van der Waals surface area (Å²) in [6.45, 7) is 3.12. The second kappa shape index (κ2) is 6.86. The van der Waals surface area contributed by atoms with Crippen molar-refractivity contribution >= 4 is 5.91 Å². The van der Waals surface area contributed by atoms with E-state index in [9.17, 15) is 4.79 Å². The van der Waals surface area contributed by atoms with Gasteiger partial charge in [0.1, 0.15) is 0 Å². The smallest absolute Gasteiger partial charge is 0.222 e. The summed E-state index contributed by atoms with van der Waals surface area (Å²) in [5.41, 5.74) is 0. The van der Waals surface area contributed by atoms with Crippen molar-refractivity contribution in [2.45, 2.75) is 58.3 Å². The zero-order chi connectivity index (χ0) is 11.1. The number of carbonyl (C=O) groups is 1. The molecular formula is C13H25NO. The first-order chi connectivity index (χ1) is 7.24. The Labute approximate surface area is 94.0 Å². The molecule has 1 amide bonds.